The van der Waals surface area contributed by atoms with E-state index in [1.165, 1.54) is 5.56 Å². The second kappa shape index (κ2) is 6.55. The molecule has 1 fully saturated rings. The first-order valence-corrected chi connectivity index (χ1v) is 10.1. The molecule has 3 aromatic rings. The first kappa shape index (κ1) is 17.1. The van der Waals surface area contributed by atoms with Gasteiger partial charge in [-0.15, -0.1) is 0 Å². The molecule has 2 aliphatic rings. The fourth-order valence-electron chi connectivity index (χ4n) is 4.61. The van der Waals surface area contributed by atoms with Crippen molar-refractivity contribution in [2.24, 2.45) is 4.99 Å². The van der Waals surface area contributed by atoms with Gasteiger partial charge in [-0.1, -0.05) is 55.3 Å². The number of pyridine rings is 1. The first-order valence-electron chi connectivity index (χ1n) is 10.1. The van der Waals surface area contributed by atoms with Gasteiger partial charge in [-0.05, 0) is 43.0 Å². The second-order valence-electron chi connectivity index (χ2n) is 7.68. The zero-order valence-corrected chi connectivity index (χ0v) is 16.1. The minimum absolute atomic E-state index is 0.187. The summed E-state index contributed by atoms with van der Waals surface area (Å²) in [5.41, 5.74) is 3.83. The Morgan fingerprint density at radius 2 is 1.71 bits per heavy atom. The van der Waals surface area contributed by atoms with Crippen molar-refractivity contribution >= 4 is 22.6 Å². The van der Waals surface area contributed by atoms with Gasteiger partial charge in [0.05, 0.1) is 5.52 Å². The van der Waals surface area contributed by atoms with E-state index in [0.717, 1.165) is 53.5 Å². The Kier molecular flexibility index (Phi) is 4.00. The summed E-state index contributed by atoms with van der Waals surface area (Å²) in [7, 11) is 0. The summed E-state index contributed by atoms with van der Waals surface area (Å²) in [6.45, 7) is 2.69. The van der Waals surface area contributed by atoms with E-state index in [-0.39, 0.29) is 5.91 Å². The molecule has 1 aromatic heterocycles. The van der Waals surface area contributed by atoms with Crippen LogP contribution in [0.15, 0.2) is 65.8 Å². The molecule has 0 bridgehead atoms. The number of nitrogens with zero attached hydrogens (tertiary/aromatic N) is 3. The van der Waals surface area contributed by atoms with Gasteiger partial charge in [0.25, 0.3) is 5.91 Å². The molecule has 2 heterocycles. The van der Waals surface area contributed by atoms with Crippen LogP contribution in [0.25, 0.3) is 22.0 Å². The van der Waals surface area contributed by atoms with Crippen LogP contribution in [0.5, 0.6) is 0 Å². The third-order valence-electron chi connectivity index (χ3n) is 6.07. The number of rotatable bonds is 3. The normalized spacial score (nSPS) is 18.2. The van der Waals surface area contributed by atoms with E-state index in [2.05, 4.69) is 41.4 Å². The smallest absolute Gasteiger partial charge is 0.256 e. The fourth-order valence-corrected chi connectivity index (χ4v) is 4.61. The molecule has 4 nitrogen and oxygen atoms in total. The van der Waals surface area contributed by atoms with E-state index in [9.17, 15) is 4.79 Å². The number of carbonyl (C=O) groups is 1. The molecule has 0 saturated heterocycles. The van der Waals surface area contributed by atoms with Crippen molar-refractivity contribution in [3.8, 4) is 11.1 Å². The Morgan fingerprint density at radius 3 is 2.46 bits per heavy atom. The van der Waals surface area contributed by atoms with Crippen molar-refractivity contribution in [2.75, 3.05) is 6.54 Å². The maximum Gasteiger partial charge on any atom is 0.256 e. The summed E-state index contributed by atoms with van der Waals surface area (Å²) in [6.07, 6.45) is 5.77. The minimum Gasteiger partial charge on any atom is -0.295 e. The van der Waals surface area contributed by atoms with Gasteiger partial charge in [-0.3, -0.25) is 19.7 Å². The second-order valence-corrected chi connectivity index (χ2v) is 7.68. The van der Waals surface area contributed by atoms with Crippen LogP contribution in [0, 0.1) is 0 Å². The van der Waals surface area contributed by atoms with Crippen LogP contribution in [0.4, 0.5) is 0 Å². The minimum atomic E-state index is -0.495. The molecule has 0 unspecified atom stereocenters. The third-order valence-corrected chi connectivity index (χ3v) is 6.07. The van der Waals surface area contributed by atoms with Crippen molar-refractivity contribution in [1.29, 1.82) is 0 Å². The zero-order valence-electron chi connectivity index (χ0n) is 16.1. The lowest BCUT2D eigenvalue weighted by Gasteiger charge is -2.21. The van der Waals surface area contributed by atoms with Crippen LogP contribution in [-0.4, -0.2) is 33.7 Å². The largest absolute Gasteiger partial charge is 0.295 e. The number of carbonyl (C=O) groups excluding carboxylic acids is 1. The summed E-state index contributed by atoms with van der Waals surface area (Å²) >= 11 is 0. The van der Waals surface area contributed by atoms with E-state index in [0.29, 0.717) is 6.54 Å². The molecule has 0 radical (unpaired) electrons. The number of hydrogen-bond donors (Lipinski definition) is 0. The summed E-state index contributed by atoms with van der Waals surface area (Å²) in [4.78, 5) is 24.3. The molecular formula is C24H23N3O. The van der Waals surface area contributed by atoms with Gasteiger partial charge in [0, 0.05) is 23.7 Å². The van der Waals surface area contributed by atoms with Gasteiger partial charge in [-0.25, -0.2) is 0 Å². The summed E-state index contributed by atoms with van der Waals surface area (Å²) in [5.74, 6) is 1.02. The first-order chi connectivity index (χ1) is 13.7. The molecule has 2 aromatic carbocycles. The van der Waals surface area contributed by atoms with E-state index in [4.69, 9.17) is 4.99 Å². The Bertz CT molecular complexity index is 1070. The van der Waals surface area contributed by atoms with Crippen LogP contribution in [0.1, 0.15) is 38.2 Å². The van der Waals surface area contributed by atoms with Crippen LogP contribution < -0.4 is 0 Å². The predicted octanol–water partition coefficient (Wildman–Crippen LogP) is 4.82. The van der Waals surface area contributed by atoms with Crippen molar-refractivity contribution in [3.05, 3.63) is 66.4 Å². The van der Waals surface area contributed by atoms with Gasteiger partial charge < -0.3 is 0 Å². The molecular weight excluding hydrogens is 346 g/mol. The van der Waals surface area contributed by atoms with E-state index >= 15 is 0 Å². The van der Waals surface area contributed by atoms with Crippen molar-refractivity contribution in [2.45, 2.75) is 38.1 Å². The van der Waals surface area contributed by atoms with Crippen molar-refractivity contribution in [1.82, 2.24) is 9.88 Å². The molecule has 1 spiro atoms. The lowest BCUT2D eigenvalue weighted by atomic mass is 9.98. The van der Waals surface area contributed by atoms with Gasteiger partial charge >= 0.3 is 0 Å². The fraction of sp³-hybridized carbons (Fsp3) is 0.292. The zero-order chi connectivity index (χ0) is 19.1. The summed E-state index contributed by atoms with van der Waals surface area (Å²) in [6, 6.07) is 18.7. The van der Waals surface area contributed by atoms with Gasteiger partial charge in [-0.2, -0.15) is 0 Å². The highest BCUT2D eigenvalue weighted by molar-refractivity contribution is 6.15. The summed E-state index contributed by atoms with van der Waals surface area (Å²) in [5, 5.41) is 1.14. The quantitative estimate of drug-likeness (QED) is 0.664. The van der Waals surface area contributed by atoms with Gasteiger partial charge in [0.1, 0.15) is 11.4 Å². The number of likely N-dealkylation sites (N-methyl/N-ethyl adjacent to an activating group) is 1. The van der Waals surface area contributed by atoms with E-state index < -0.39 is 5.54 Å². The molecule has 1 saturated carbocycles. The van der Waals surface area contributed by atoms with Gasteiger partial charge in [0.2, 0.25) is 0 Å². The highest BCUT2D eigenvalue weighted by atomic mass is 16.2. The number of fused-ring (bicyclic) bond motifs is 1. The molecule has 1 aliphatic carbocycles. The SMILES string of the molecule is CCN1C(=O)C2(CCCC2)N=C1c1ccc(-c2cccc3ncccc23)cc1. The van der Waals surface area contributed by atoms with E-state index in [1.54, 1.807) is 0 Å². The maximum absolute atomic E-state index is 13.0. The van der Waals surface area contributed by atoms with E-state index in [1.807, 2.05) is 36.2 Å². The lowest BCUT2D eigenvalue weighted by Crippen LogP contribution is -2.41. The van der Waals surface area contributed by atoms with Crippen LogP contribution in [-0.2, 0) is 4.79 Å². The number of amides is 1. The topological polar surface area (TPSA) is 45.6 Å². The highest BCUT2D eigenvalue weighted by Gasteiger charge is 2.49. The monoisotopic (exact) mass is 369 g/mol. The molecule has 5 rings (SSSR count). The average molecular weight is 369 g/mol. The third kappa shape index (κ3) is 2.55. The molecule has 0 N–H and O–H groups in total. The summed E-state index contributed by atoms with van der Waals surface area (Å²) < 4.78 is 0. The number of hydrogen-bond acceptors (Lipinski definition) is 3. The number of amidine groups is 1. The standard InChI is InChI=1S/C24H23N3O/c1-2-27-22(26-24(23(27)28)14-3-4-15-24)18-12-10-17(11-13-18)19-7-5-9-21-20(19)8-6-16-25-21/h5-13,16H,2-4,14-15H2,1H3. The molecule has 28 heavy (non-hydrogen) atoms. The van der Waals surface area contributed by atoms with Crippen molar-refractivity contribution in [3.63, 3.8) is 0 Å². The average Bonchev–Trinajstić information content (AvgIpc) is 3.33. The maximum atomic E-state index is 13.0. The van der Waals surface area contributed by atoms with Crippen LogP contribution >= 0.6 is 0 Å². The molecule has 1 aliphatic heterocycles. The Labute approximate surface area is 164 Å². The molecule has 140 valence electrons. The van der Waals surface area contributed by atoms with Crippen molar-refractivity contribution < 1.29 is 4.79 Å². The molecule has 0 atom stereocenters. The molecule has 4 heteroatoms. The highest BCUT2D eigenvalue weighted by Crippen LogP contribution is 2.40. The Balaban J connectivity index is 1.54. The number of aromatic nitrogens is 1. The lowest BCUT2D eigenvalue weighted by molar-refractivity contribution is -0.130. The number of benzene rings is 2. The van der Waals surface area contributed by atoms with Gasteiger partial charge in [0.15, 0.2) is 0 Å². The number of aliphatic imine (C=N–C) groups is 1. The van der Waals surface area contributed by atoms with Crippen LogP contribution in [0.3, 0.4) is 0 Å². The Hall–Kier alpha value is -3.01. The predicted molar refractivity (Wildman–Crippen MR) is 112 cm³/mol. The molecule has 1 amide bonds. The Morgan fingerprint density at radius 1 is 0.964 bits per heavy atom. The van der Waals surface area contributed by atoms with Crippen LogP contribution in [0.2, 0.25) is 0 Å².